The third kappa shape index (κ3) is 4.54. The number of halogens is 1. The lowest BCUT2D eigenvalue weighted by molar-refractivity contribution is -0.124. The number of aromatic carboxylic acids is 1. The number of fused-ring (bicyclic) bond motifs is 1. The summed E-state index contributed by atoms with van der Waals surface area (Å²) in [6, 6.07) is 5.86. The number of hydrogen-bond donors (Lipinski definition) is 2. The Kier molecular flexibility index (Phi) is 6.36. The minimum absolute atomic E-state index is 0.00564. The first-order valence-electron chi connectivity index (χ1n) is 9.05. The molecule has 1 aromatic carbocycles. The maximum Gasteiger partial charge on any atom is 0.349 e. The molecule has 0 spiro atoms. The molecule has 2 N–H and O–H groups in total. The number of rotatable bonds is 6. The minimum atomic E-state index is -1.13. The highest BCUT2D eigenvalue weighted by Gasteiger charge is 2.25. The van der Waals surface area contributed by atoms with Crippen LogP contribution in [0.1, 0.15) is 56.7 Å². The normalized spacial score (nSPS) is 14.1. The summed E-state index contributed by atoms with van der Waals surface area (Å²) in [5.74, 6) is -2.21. The van der Waals surface area contributed by atoms with Crippen LogP contribution in [0.2, 0.25) is 5.02 Å². The zero-order chi connectivity index (χ0) is 20.3. The quantitative estimate of drug-likeness (QED) is 0.667. The van der Waals surface area contributed by atoms with Crippen molar-refractivity contribution in [2.45, 2.75) is 45.1 Å². The van der Waals surface area contributed by atoms with Gasteiger partial charge in [-0.25, -0.2) is 9.59 Å². The second-order valence-corrected chi connectivity index (χ2v) is 8.10. The average Bonchev–Trinajstić information content (AvgIpc) is 3.11. The number of hydrogen-bond acceptors (Lipinski definition) is 5. The number of esters is 1. The van der Waals surface area contributed by atoms with Crippen LogP contribution in [-0.2, 0) is 22.4 Å². The van der Waals surface area contributed by atoms with E-state index >= 15 is 0 Å². The number of carboxylic acids is 1. The van der Waals surface area contributed by atoms with Gasteiger partial charge in [-0.05, 0) is 61.9 Å². The van der Waals surface area contributed by atoms with Crippen LogP contribution in [0.25, 0.3) is 0 Å². The van der Waals surface area contributed by atoms with Crippen LogP contribution in [0.5, 0.6) is 0 Å². The Morgan fingerprint density at radius 3 is 2.68 bits per heavy atom. The Morgan fingerprint density at radius 1 is 1.25 bits per heavy atom. The van der Waals surface area contributed by atoms with Crippen molar-refractivity contribution in [1.29, 1.82) is 0 Å². The van der Waals surface area contributed by atoms with Crippen molar-refractivity contribution < 1.29 is 24.2 Å². The van der Waals surface area contributed by atoms with Crippen molar-refractivity contribution in [3.63, 3.8) is 0 Å². The van der Waals surface area contributed by atoms with Gasteiger partial charge >= 0.3 is 11.9 Å². The maximum atomic E-state index is 12.5. The molecule has 8 heteroatoms. The lowest BCUT2D eigenvalue weighted by atomic mass is 9.99. The summed E-state index contributed by atoms with van der Waals surface area (Å²) in [7, 11) is 0. The third-order valence-electron chi connectivity index (χ3n) is 4.58. The molecule has 0 bridgehead atoms. The fourth-order valence-corrected chi connectivity index (χ4v) is 4.37. The van der Waals surface area contributed by atoms with Gasteiger partial charge in [-0.1, -0.05) is 18.5 Å². The lowest BCUT2D eigenvalue weighted by Gasteiger charge is -2.16. The van der Waals surface area contributed by atoms with E-state index in [2.05, 4.69) is 5.32 Å². The van der Waals surface area contributed by atoms with E-state index in [1.54, 1.807) is 6.92 Å². The molecular formula is C20H20ClNO5S. The van der Waals surface area contributed by atoms with Crippen molar-refractivity contribution in [3.05, 3.63) is 50.2 Å². The van der Waals surface area contributed by atoms with Gasteiger partial charge in [0, 0.05) is 4.88 Å². The molecule has 28 heavy (non-hydrogen) atoms. The number of ether oxygens (including phenoxy) is 1. The van der Waals surface area contributed by atoms with Gasteiger partial charge < -0.3 is 15.2 Å². The Hall–Kier alpha value is -2.38. The highest BCUT2D eigenvalue weighted by molar-refractivity contribution is 7.14. The topological polar surface area (TPSA) is 92.7 Å². The first-order valence-corrected chi connectivity index (χ1v) is 10.2. The first kappa shape index (κ1) is 20.4. The molecule has 2 aromatic rings. The van der Waals surface area contributed by atoms with E-state index < -0.39 is 23.9 Å². The van der Waals surface area contributed by atoms with E-state index in [1.165, 1.54) is 40.0 Å². The highest BCUT2D eigenvalue weighted by atomic mass is 35.5. The van der Waals surface area contributed by atoms with E-state index in [4.69, 9.17) is 21.4 Å². The van der Waals surface area contributed by atoms with Crippen LogP contribution in [0, 0.1) is 0 Å². The Balaban J connectivity index is 1.70. The van der Waals surface area contributed by atoms with Gasteiger partial charge in [0.15, 0.2) is 6.10 Å². The number of thiophene rings is 1. The van der Waals surface area contributed by atoms with Gasteiger partial charge in [-0.2, -0.15) is 0 Å². The van der Waals surface area contributed by atoms with Crippen LogP contribution in [0.3, 0.4) is 0 Å². The van der Waals surface area contributed by atoms with E-state index in [9.17, 15) is 14.4 Å². The number of carbonyl (C=O) groups excluding carboxylic acids is 2. The smallest absolute Gasteiger partial charge is 0.349 e. The van der Waals surface area contributed by atoms with Crippen LogP contribution >= 0.6 is 22.9 Å². The summed E-state index contributed by atoms with van der Waals surface area (Å²) in [5.41, 5.74) is 1.35. The monoisotopic (exact) mass is 421 g/mol. The number of carboxylic acid groups (broad SMARTS) is 1. The summed E-state index contributed by atoms with van der Waals surface area (Å²) >= 11 is 7.47. The van der Waals surface area contributed by atoms with E-state index in [-0.39, 0.29) is 22.7 Å². The van der Waals surface area contributed by atoms with Crippen LogP contribution in [-0.4, -0.2) is 29.1 Å². The fraction of sp³-hybridized carbons (Fsp3) is 0.350. The molecule has 1 amide bonds. The van der Waals surface area contributed by atoms with Gasteiger partial charge in [0.1, 0.15) is 4.88 Å². The summed E-state index contributed by atoms with van der Waals surface area (Å²) in [4.78, 5) is 37.9. The Morgan fingerprint density at radius 2 is 2.00 bits per heavy atom. The van der Waals surface area contributed by atoms with Crippen molar-refractivity contribution in [3.8, 4) is 0 Å². The highest BCUT2D eigenvalue weighted by Crippen LogP contribution is 2.30. The zero-order valence-corrected chi connectivity index (χ0v) is 16.9. The summed E-state index contributed by atoms with van der Waals surface area (Å²) in [6.45, 7) is 1.73. The first-order chi connectivity index (χ1) is 13.4. The number of carbonyl (C=O) groups is 3. The molecular weight excluding hydrogens is 402 g/mol. The molecule has 1 heterocycles. The van der Waals surface area contributed by atoms with Crippen molar-refractivity contribution in [1.82, 2.24) is 0 Å². The largest absolute Gasteiger partial charge is 0.478 e. The fourth-order valence-electron chi connectivity index (χ4n) is 3.07. The maximum absolute atomic E-state index is 12.5. The van der Waals surface area contributed by atoms with E-state index in [0.717, 1.165) is 25.7 Å². The zero-order valence-electron chi connectivity index (χ0n) is 15.3. The van der Waals surface area contributed by atoms with Gasteiger partial charge in [-0.3, -0.25) is 4.79 Å². The van der Waals surface area contributed by atoms with Gasteiger partial charge in [0.25, 0.3) is 5.91 Å². The third-order valence-corrected chi connectivity index (χ3v) is 6.13. The van der Waals surface area contributed by atoms with Crippen molar-refractivity contribution >= 4 is 46.5 Å². The SMILES string of the molecule is CCC(OC(=O)c1cc2c(s1)CCCC2)C(=O)Nc1cc(C(=O)O)ccc1Cl. The summed E-state index contributed by atoms with van der Waals surface area (Å²) in [5, 5.41) is 11.8. The summed E-state index contributed by atoms with van der Waals surface area (Å²) in [6.07, 6.45) is 3.46. The van der Waals surface area contributed by atoms with Crippen molar-refractivity contribution in [2.24, 2.45) is 0 Å². The molecule has 0 radical (unpaired) electrons. The van der Waals surface area contributed by atoms with E-state index in [1.807, 2.05) is 6.07 Å². The lowest BCUT2D eigenvalue weighted by Crippen LogP contribution is -2.32. The van der Waals surface area contributed by atoms with Gasteiger partial charge in [-0.15, -0.1) is 11.3 Å². The Labute approximate surface area is 171 Å². The number of amides is 1. The van der Waals surface area contributed by atoms with Crippen LogP contribution in [0.4, 0.5) is 5.69 Å². The molecule has 1 atom stereocenters. The van der Waals surface area contributed by atoms with Crippen LogP contribution < -0.4 is 5.32 Å². The molecule has 6 nitrogen and oxygen atoms in total. The molecule has 1 aromatic heterocycles. The van der Waals surface area contributed by atoms with Crippen LogP contribution in [0.15, 0.2) is 24.3 Å². The second-order valence-electron chi connectivity index (χ2n) is 6.56. The average molecular weight is 422 g/mol. The molecule has 1 aliphatic carbocycles. The summed E-state index contributed by atoms with van der Waals surface area (Å²) < 4.78 is 5.42. The molecule has 0 fully saturated rings. The Bertz CT molecular complexity index is 900. The van der Waals surface area contributed by atoms with Gasteiger partial charge in [0.2, 0.25) is 0 Å². The van der Waals surface area contributed by atoms with Crippen molar-refractivity contribution in [2.75, 3.05) is 5.32 Å². The molecule has 148 valence electrons. The molecule has 0 saturated heterocycles. The number of anilines is 1. The number of aryl methyl sites for hydroxylation is 2. The molecule has 0 saturated carbocycles. The molecule has 1 aliphatic rings. The molecule has 1 unspecified atom stereocenters. The van der Waals surface area contributed by atoms with E-state index in [0.29, 0.717) is 4.88 Å². The predicted molar refractivity (Wildman–Crippen MR) is 107 cm³/mol. The molecule has 3 rings (SSSR count). The van der Waals surface area contributed by atoms with Gasteiger partial charge in [0.05, 0.1) is 16.3 Å². The standard InChI is InChI=1S/C20H20ClNO5S/c1-2-15(18(23)22-14-9-12(19(24)25)7-8-13(14)21)27-20(26)17-10-11-5-3-4-6-16(11)28-17/h7-10,15H,2-6H2,1H3,(H,22,23)(H,24,25). The predicted octanol–water partition coefficient (Wildman–Crippen LogP) is 4.55. The number of nitrogens with one attached hydrogen (secondary N) is 1. The second kappa shape index (κ2) is 8.75. The molecule has 0 aliphatic heterocycles. The number of benzene rings is 1. The minimum Gasteiger partial charge on any atom is -0.478 e.